The van der Waals surface area contributed by atoms with Crippen LogP contribution in [0, 0.1) is 0 Å². The molecule has 3 rings (SSSR count). The molecule has 5 nitrogen and oxygen atoms in total. The molecule has 1 aliphatic rings. The van der Waals surface area contributed by atoms with Gasteiger partial charge in [0.25, 0.3) is 0 Å². The molecule has 1 atom stereocenters. The SMILES string of the molecule is CC(C)(C)OC(=O)N1CCCCC1c1cc(-c2cccc(Cl)c2)on1. The third kappa shape index (κ3) is 4.34. The summed E-state index contributed by atoms with van der Waals surface area (Å²) in [4.78, 5) is 14.3. The number of halogens is 1. The maximum absolute atomic E-state index is 12.5. The highest BCUT2D eigenvalue weighted by Crippen LogP contribution is 2.34. The third-order valence-corrected chi connectivity index (χ3v) is 4.34. The van der Waals surface area contributed by atoms with Gasteiger partial charge < -0.3 is 9.26 Å². The average molecular weight is 363 g/mol. The van der Waals surface area contributed by atoms with Gasteiger partial charge in [0, 0.05) is 23.2 Å². The van der Waals surface area contributed by atoms with Crippen LogP contribution >= 0.6 is 11.6 Å². The number of piperidine rings is 1. The van der Waals surface area contributed by atoms with E-state index in [1.807, 2.05) is 51.1 Å². The van der Waals surface area contributed by atoms with Crippen LogP contribution in [0.4, 0.5) is 4.79 Å². The summed E-state index contributed by atoms with van der Waals surface area (Å²) in [6, 6.07) is 9.20. The maximum Gasteiger partial charge on any atom is 0.410 e. The summed E-state index contributed by atoms with van der Waals surface area (Å²) in [5.41, 5.74) is 1.10. The zero-order valence-corrected chi connectivity index (χ0v) is 15.5. The number of hydrogen-bond donors (Lipinski definition) is 0. The Balaban J connectivity index is 1.82. The van der Waals surface area contributed by atoms with Crippen molar-refractivity contribution in [1.29, 1.82) is 0 Å². The average Bonchev–Trinajstić information content (AvgIpc) is 3.03. The van der Waals surface area contributed by atoms with Gasteiger partial charge in [-0.3, -0.25) is 4.90 Å². The summed E-state index contributed by atoms with van der Waals surface area (Å²) in [5, 5.41) is 4.85. The van der Waals surface area contributed by atoms with Crippen molar-refractivity contribution in [2.75, 3.05) is 6.54 Å². The monoisotopic (exact) mass is 362 g/mol. The van der Waals surface area contributed by atoms with E-state index in [1.54, 1.807) is 4.90 Å². The summed E-state index contributed by atoms with van der Waals surface area (Å²) in [6.07, 6.45) is 2.56. The van der Waals surface area contributed by atoms with Crippen LogP contribution in [-0.4, -0.2) is 28.3 Å². The first kappa shape index (κ1) is 17.8. The van der Waals surface area contributed by atoms with Crippen molar-refractivity contribution in [3.63, 3.8) is 0 Å². The molecule has 1 aliphatic heterocycles. The molecule has 1 aromatic carbocycles. The zero-order valence-electron chi connectivity index (χ0n) is 14.8. The number of nitrogens with zero attached hydrogens (tertiary/aromatic N) is 2. The number of likely N-dealkylation sites (tertiary alicyclic amines) is 1. The summed E-state index contributed by atoms with van der Waals surface area (Å²) >= 11 is 6.04. The fraction of sp³-hybridized carbons (Fsp3) is 0.474. The molecule has 0 N–H and O–H groups in total. The third-order valence-electron chi connectivity index (χ3n) is 4.11. The van der Waals surface area contributed by atoms with Gasteiger partial charge in [0.1, 0.15) is 11.3 Å². The van der Waals surface area contributed by atoms with Crippen molar-refractivity contribution in [1.82, 2.24) is 10.1 Å². The molecule has 1 saturated heterocycles. The highest BCUT2D eigenvalue weighted by molar-refractivity contribution is 6.30. The van der Waals surface area contributed by atoms with E-state index in [2.05, 4.69) is 5.16 Å². The van der Waals surface area contributed by atoms with Gasteiger partial charge in [0.15, 0.2) is 5.76 Å². The summed E-state index contributed by atoms with van der Waals surface area (Å²) in [5.74, 6) is 0.646. The van der Waals surface area contributed by atoms with Gasteiger partial charge >= 0.3 is 6.09 Å². The first-order chi connectivity index (χ1) is 11.8. The van der Waals surface area contributed by atoms with Crippen LogP contribution in [0.15, 0.2) is 34.9 Å². The Hall–Kier alpha value is -2.01. The van der Waals surface area contributed by atoms with Gasteiger partial charge in [-0.05, 0) is 52.2 Å². The van der Waals surface area contributed by atoms with Crippen LogP contribution in [0.3, 0.4) is 0 Å². The van der Waals surface area contributed by atoms with Gasteiger partial charge in [-0.15, -0.1) is 0 Å². The van der Waals surface area contributed by atoms with E-state index < -0.39 is 5.60 Å². The number of aromatic nitrogens is 1. The first-order valence-electron chi connectivity index (χ1n) is 8.56. The van der Waals surface area contributed by atoms with Crippen LogP contribution in [0.1, 0.15) is 51.8 Å². The van der Waals surface area contributed by atoms with Gasteiger partial charge in [0.2, 0.25) is 0 Å². The van der Waals surface area contributed by atoms with E-state index in [0.717, 1.165) is 30.5 Å². The number of carbonyl (C=O) groups is 1. The van der Waals surface area contributed by atoms with Crippen molar-refractivity contribution in [3.8, 4) is 11.3 Å². The van der Waals surface area contributed by atoms with Crippen LogP contribution in [0.2, 0.25) is 5.02 Å². The van der Waals surface area contributed by atoms with Gasteiger partial charge in [-0.2, -0.15) is 0 Å². The minimum Gasteiger partial charge on any atom is -0.444 e. The van der Waals surface area contributed by atoms with E-state index in [0.29, 0.717) is 17.3 Å². The lowest BCUT2D eigenvalue weighted by atomic mass is 9.99. The lowest BCUT2D eigenvalue weighted by Crippen LogP contribution is -2.42. The van der Waals surface area contributed by atoms with E-state index in [4.69, 9.17) is 20.9 Å². The fourth-order valence-electron chi connectivity index (χ4n) is 3.00. The maximum atomic E-state index is 12.5. The van der Waals surface area contributed by atoms with E-state index in [1.165, 1.54) is 0 Å². The van der Waals surface area contributed by atoms with Crippen molar-refractivity contribution in [2.45, 2.75) is 51.7 Å². The molecular formula is C19H23ClN2O3. The second kappa shape index (κ2) is 7.08. The number of benzene rings is 1. The smallest absolute Gasteiger partial charge is 0.410 e. The van der Waals surface area contributed by atoms with E-state index >= 15 is 0 Å². The molecule has 2 aromatic rings. The van der Waals surface area contributed by atoms with Crippen molar-refractivity contribution < 1.29 is 14.1 Å². The second-order valence-corrected chi connectivity index (χ2v) is 7.75. The van der Waals surface area contributed by atoms with E-state index in [-0.39, 0.29) is 12.1 Å². The topological polar surface area (TPSA) is 55.6 Å². The molecule has 1 fully saturated rings. The van der Waals surface area contributed by atoms with Crippen LogP contribution < -0.4 is 0 Å². The first-order valence-corrected chi connectivity index (χ1v) is 8.93. The highest BCUT2D eigenvalue weighted by Gasteiger charge is 2.33. The second-order valence-electron chi connectivity index (χ2n) is 7.31. The predicted octanol–water partition coefficient (Wildman–Crippen LogP) is 5.46. The Morgan fingerprint density at radius 3 is 2.84 bits per heavy atom. The van der Waals surface area contributed by atoms with Gasteiger partial charge in [0.05, 0.1) is 6.04 Å². The molecule has 0 spiro atoms. The van der Waals surface area contributed by atoms with E-state index in [9.17, 15) is 4.79 Å². The lowest BCUT2D eigenvalue weighted by Gasteiger charge is -2.35. The van der Waals surface area contributed by atoms with Crippen molar-refractivity contribution >= 4 is 17.7 Å². The number of ether oxygens (including phenoxy) is 1. The number of rotatable bonds is 2. The molecule has 1 amide bonds. The number of hydrogen-bond acceptors (Lipinski definition) is 4. The molecule has 0 aliphatic carbocycles. The molecule has 1 unspecified atom stereocenters. The Kier molecular flexibility index (Phi) is 5.04. The molecule has 6 heteroatoms. The van der Waals surface area contributed by atoms with Gasteiger partial charge in [-0.1, -0.05) is 28.9 Å². The molecule has 2 heterocycles. The standard InChI is InChI=1S/C19H23ClN2O3/c1-19(2,3)24-18(23)22-10-5-4-9-16(22)15-12-17(25-21-15)13-7-6-8-14(20)11-13/h6-8,11-12,16H,4-5,9-10H2,1-3H3. The molecule has 0 bridgehead atoms. The van der Waals surface area contributed by atoms with Crippen molar-refractivity contribution in [2.24, 2.45) is 0 Å². The Morgan fingerprint density at radius 1 is 1.32 bits per heavy atom. The highest BCUT2D eigenvalue weighted by atomic mass is 35.5. The molecule has 25 heavy (non-hydrogen) atoms. The summed E-state index contributed by atoms with van der Waals surface area (Å²) in [6.45, 7) is 6.28. The largest absolute Gasteiger partial charge is 0.444 e. The van der Waals surface area contributed by atoms with Crippen LogP contribution in [0.5, 0.6) is 0 Å². The number of carbonyl (C=O) groups excluding carboxylic acids is 1. The van der Waals surface area contributed by atoms with Crippen molar-refractivity contribution in [3.05, 3.63) is 41.0 Å². The molecule has 0 radical (unpaired) electrons. The Labute approximate surface area is 152 Å². The fourth-order valence-corrected chi connectivity index (χ4v) is 3.19. The zero-order chi connectivity index (χ0) is 18.0. The molecule has 134 valence electrons. The Bertz CT molecular complexity index is 751. The Morgan fingerprint density at radius 2 is 2.12 bits per heavy atom. The normalized spacial score (nSPS) is 18.2. The molecule has 0 saturated carbocycles. The molecule has 1 aromatic heterocycles. The molecular weight excluding hydrogens is 340 g/mol. The summed E-state index contributed by atoms with van der Waals surface area (Å²) < 4.78 is 11.0. The minimum atomic E-state index is -0.519. The number of amides is 1. The van der Waals surface area contributed by atoms with Gasteiger partial charge in [-0.25, -0.2) is 4.79 Å². The predicted molar refractivity (Wildman–Crippen MR) is 96.5 cm³/mol. The van der Waals surface area contributed by atoms with Crippen LogP contribution in [-0.2, 0) is 4.74 Å². The lowest BCUT2D eigenvalue weighted by molar-refractivity contribution is 0.00869. The minimum absolute atomic E-state index is 0.125. The quantitative estimate of drug-likeness (QED) is 0.712. The summed E-state index contributed by atoms with van der Waals surface area (Å²) in [7, 11) is 0. The van der Waals surface area contributed by atoms with Crippen LogP contribution in [0.25, 0.3) is 11.3 Å².